The van der Waals surface area contributed by atoms with Crippen LogP contribution in [-0.2, 0) is 32.3 Å². The number of sulfonamides is 1. The Morgan fingerprint density at radius 1 is 1.09 bits per heavy atom. The molecular formula is C21H22Cl2F3N3O4S. The van der Waals surface area contributed by atoms with Gasteiger partial charge in [0, 0.05) is 18.6 Å². The summed E-state index contributed by atoms with van der Waals surface area (Å²) in [6.45, 7) is 0.377. The third-order valence-electron chi connectivity index (χ3n) is 4.93. The van der Waals surface area contributed by atoms with Crippen LogP contribution >= 0.6 is 23.2 Å². The molecule has 2 aromatic carbocycles. The Bertz CT molecular complexity index is 1180. The van der Waals surface area contributed by atoms with Crippen LogP contribution < -0.4 is 9.62 Å². The molecule has 0 unspecified atom stereocenters. The molecule has 0 heterocycles. The van der Waals surface area contributed by atoms with Gasteiger partial charge in [-0.3, -0.25) is 13.9 Å². The lowest BCUT2D eigenvalue weighted by atomic mass is 10.1. The summed E-state index contributed by atoms with van der Waals surface area (Å²) in [5, 5.41) is 2.41. The van der Waals surface area contributed by atoms with E-state index in [1.54, 1.807) is 24.3 Å². The molecule has 0 fully saturated rings. The maximum atomic E-state index is 13.3. The molecule has 13 heteroatoms. The number of carbonyl (C=O) groups excluding carboxylic acids is 2. The molecule has 0 aliphatic carbocycles. The summed E-state index contributed by atoms with van der Waals surface area (Å²) in [6, 6.07) is 7.64. The predicted molar refractivity (Wildman–Crippen MR) is 124 cm³/mol. The Balaban J connectivity index is 2.51. The summed E-state index contributed by atoms with van der Waals surface area (Å²) in [5.41, 5.74) is -1.17. The molecule has 0 aliphatic rings. The van der Waals surface area contributed by atoms with Crippen LogP contribution in [0.1, 0.15) is 18.1 Å². The number of nitrogens with one attached hydrogen (secondary N) is 1. The first-order valence-electron chi connectivity index (χ1n) is 9.75. The van der Waals surface area contributed by atoms with Crippen molar-refractivity contribution in [2.24, 2.45) is 0 Å². The average molecular weight is 540 g/mol. The number of alkyl halides is 3. The largest absolute Gasteiger partial charge is 0.416 e. The Labute approximate surface area is 205 Å². The lowest BCUT2D eigenvalue weighted by Crippen LogP contribution is -2.50. The summed E-state index contributed by atoms with van der Waals surface area (Å²) in [4.78, 5) is 26.6. The van der Waals surface area contributed by atoms with Gasteiger partial charge in [0.1, 0.15) is 12.6 Å². The van der Waals surface area contributed by atoms with Crippen molar-refractivity contribution in [2.45, 2.75) is 25.7 Å². The number of hydrogen-bond donors (Lipinski definition) is 1. The molecule has 2 amide bonds. The molecule has 0 bridgehead atoms. The zero-order valence-electron chi connectivity index (χ0n) is 18.4. The van der Waals surface area contributed by atoms with Crippen molar-refractivity contribution in [3.05, 3.63) is 63.6 Å². The minimum Gasteiger partial charge on any atom is -0.357 e. The Morgan fingerprint density at radius 2 is 1.71 bits per heavy atom. The SMILES string of the molecule is CNC(=O)[C@@H](C)N(Cc1ccccc1Cl)C(=O)CN(c1cc(C(F)(F)F)ccc1Cl)S(C)(=O)=O. The minimum atomic E-state index is -4.77. The third-order valence-corrected chi connectivity index (χ3v) is 6.75. The van der Waals surface area contributed by atoms with E-state index in [9.17, 15) is 31.2 Å². The minimum absolute atomic E-state index is 0.152. The fourth-order valence-electron chi connectivity index (χ4n) is 3.08. The topological polar surface area (TPSA) is 86.8 Å². The van der Waals surface area contributed by atoms with Crippen molar-refractivity contribution in [3.8, 4) is 0 Å². The second-order valence-electron chi connectivity index (χ2n) is 7.34. The van der Waals surface area contributed by atoms with Crippen LogP contribution in [0.25, 0.3) is 0 Å². The molecule has 34 heavy (non-hydrogen) atoms. The van der Waals surface area contributed by atoms with Gasteiger partial charge in [-0.05, 0) is 36.8 Å². The average Bonchev–Trinajstić information content (AvgIpc) is 2.74. The summed E-state index contributed by atoms with van der Waals surface area (Å²) >= 11 is 12.2. The lowest BCUT2D eigenvalue weighted by molar-refractivity contribution is -0.139. The Kier molecular flexibility index (Phi) is 8.84. The van der Waals surface area contributed by atoms with E-state index >= 15 is 0 Å². The van der Waals surface area contributed by atoms with Crippen molar-refractivity contribution >= 4 is 50.7 Å². The molecule has 0 spiro atoms. The number of anilines is 1. The molecule has 0 saturated heterocycles. The van der Waals surface area contributed by atoms with E-state index in [1.807, 2.05) is 0 Å². The molecule has 0 aliphatic heterocycles. The number of carbonyl (C=O) groups is 2. The molecular weight excluding hydrogens is 518 g/mol. The molecule has 1 N–H and O–H groups in total. The highest BCUT2D eigenvalue weighted by atomic mass is 35.5. The molecule has 0 aromatic heterocycles. The first-order chi connectivity index (χ1) is 15.7. The van der Waals surface area contributed by atoms with Gasteiger partial charge >= 0.3 is 6.18 Å². The monoisotopic (exact) mass is 539 g/mol. The lowest BCUT2D eigenvalue weighted by Gasteiger charge is -2.31. The maximum absolute atomic E-state index is 13.3. The number of benzene rings is 2. The quantitative estimate of drug-likeness (QED) is 0.550. The Hall–Kier alpha value is -2.50. The summed E-state index contributed by atoms with van der Waals surface area (Å²) < 4.78 is 65.1. The van der Waals surface area contributed by atoms with Crippen molar-refractivity contribution in [1.82, 2.24) is 10.2 Å². The van der Waals surface area contributed by atoms with E-state index in [1.165, 1.54) is 14.0 Å². The second-order valence-corrected chi connectivity index (χ2v) is 10.1. The van der Waals surface area contributed by atoms with Crippen molar-refractivity contribution in [3.63, 3.8) is 0 Å². The fraction of sp³-hybridized carbons (Fsp3) is 0.333. The first-order valence-corrected chi connectivity index (χ1v) is 12.4. The molecule has 1 atom stereocenters. The van der Waals surface area contributed by atoms with Gasteiger partial charge in [0.25, 0.3) is 0 Å². The van der Waals surface area contributed by atoms with Crippen molar-refractivity contribution in [1.29, 1.82) is 0 Å². The number of amides is 2. The van der Waals surface area contributed by atoms with E-state index in [-0.39, 0.29) is 11.6 Å². The van der Waals surface area contributed by atoms with E-state index < -0.39 is 51.9 Å². The zero-order chi connectivity index (χ0) is 25.8. The normalized spacial score (nSPS) is 12.7. The molecule has 0 saturated carbocycles. The van der Waals surface area contributed by atoms with Gasteiger partial charge in [-0.25, -0.2) is 8.42 Å². The number of halogens is 5. The van der Waals surface area contributed by atoms with Crippen LogP contribution in [0, 0.1) is 0 Å². The number of hydrogen-bond acceptors (Lipinski definition) is 4. The van der Waals surface area contributed by atoms with E-state index in [2.05, 4.69) is 5.32 Å². The van der Waals surface area contributed by atoms with Gasteiger partial charge in [-0.2, -0.15) is 13.2 Å². The highest BCUT2D eigenvalue weighted by Crippen LogP contribution is 2.36. The third kappa shape index (κ3) is 6.77. The van der Waals surface area contributed by atoms with Crippen LogP contribution in [0.2, 0.25) is 10.0 Å². The van der Waals surface area contributed by atoms with E-state index in [0.29, 0.717) is 27.0 Å². The van der Waals surface area contributed by atoms with Gasteiger partial charge < -0.3 is 10.2 Å². The highest BCUT2D eigenvalue weighted by Gasteiger charge is 2.34. The zero-order valence-corrected chi connectivity index (χ0v) is 20.7. The summed E-state index contributed by atoms with van der Waals surface area (Å²) in [6.07, 6.45) is -4.03. The van der Waals surface area contributed by atoms with Crippen LogP contribution in [0.5, 0.6) is 0 Å². The number of likely N-dealkylation sites (N-methyl/N-ethyl adjacent to an activating group) is 1. The molecule has 2 rings (SSSR count). The standard InChI is InChI=1S/C21H22Cl2F3N3O4S/c1-13(20(31)27-2)28(11-14-6-4-5-7-16(14)22)19(30)12-29(34(3,32)33)18-10-15(21(24,25)26)8-9-17(18)23/h4-10,13H,11-12H2,1-3H3,(H,27,31)/t13-/m1/s1. The smallest absolute Gasteiger partial charge is 0.357 e. The molecule has 7 nitrogen and oxygen atoms in total. The number of nitrogens with zero attached hydrogens (tertiary/aromatic N) is 2. The van der Waals surface area contributed by atoms with Gasteiger partial charge in [-0.1, -0.05) is 41.4 Å². The first kappa shape index (κ1) is 27.7. The van der Waals surface area contributed by atoms with E-state index in [4.69, 9.17) is 23.2 Å². The van der Waals surface area contributed by atoms with Gasteiger partial charge in [0.05, 0.1) is 22.5 Å². The van der Waals surface area contributed by atoms with Crippen molar-refractivity contribution < 1.29 is 31.2 Å². The fourth-order valence-corrected chi connectivity index (χ4v) is 4.40. The highest BCUT2D eigenvalue weighted by molar-refractivity contribution is 7.92. The molecule has 2 aromatic rings. The molecule has 186 valence electrons. The van der Waals surface area contributed by atoms with Crippen molar-refractivity contribution in [2.75, 3.05) is 24.2 Å². The number of rotatable bonds is 8. The van der Waals surface area contributed by atoms with Gasteiger partial charge in [0.2, 0.25) is 21.8 Å². The second kappa shape index (κ2) is 10.8. The Morgan fingerprint density at radius 3 is 2.24 bits per heavy atom. The van der Waals surface area contributed by atoms with Gasteiger partial charge in [0.15, 0.2) is 0 Å². The van der Waals surface area contributed by atoms with Gasteiger partial charge in [-0.15, -0.1) is 0 Å². The van der Waals surface area contributed by atoms with Crippen LogP contribution in [0.4, 0.5) is 18.9 Å². The van der Waals surface area contributed by atoms with E-state index in [0.717, 1.165) is 17.2 Å². The predicted octanol–water partition coefficient (Wildman–Crippen LogP) is 3.94. The van der Waals surface area contributed by atoms with Crippen LogP contribution in [0.15, 0.2) is 42.5 Å². The van der Waals surface area contributed by atoms with Crippen LogP contribution in [0.3, 0.4) is 0 Å². The van der Waals surface area contributed by atoms with Crippen LogP contribution in [-0.4, -0.2) is 51.0 Å². The summed E-state index contributed by atoms with van der Waals surface area (Å²) in [7, 11) is -2.89. The molecule has 0 radical (unpaired) electrons. The summed E-state index contributed by atoms with van der Waals surface area (Å²) in [5.74, 6) is -1.39. The maximum Gasteiger partial charge on any atom is 0.416 e.